The summed E-state index contributed by atoms with van der Waals surface area (Å²) in [5.74, 6) is -0.0695. The molecule has 106 valence electrons. The molecule has 2 aromatic heterocycles. The first-order chi connectivity index (χ1) is 9.65. The van der Waals surface area contributed by atoms with E-state index in [4.69, 9.17) is 4.74 Å². The topological polar surface area (TPSA) is 64.4 Å². The van der Waals surface area contributed by atoms with Crippen LogP contribution in [0.15, 0.2) is 22.6 Å². The summed E-state index contributed by atoms with van der Waals surface area (Å²) < 4.78 is 7.38. The van der Waals surface area contributed by atoms with E-state index in [1.165, 1.54) is 22.2 Å². The van der Waals surface area contributed by atoms with Gasteiger partial charge in [0.05, 0.1) is 24.6 Å². The van der Waals surface area contributed by atoms with Gasteiger partial charge < -0.3 is 9.64 Å². The molecule has 0 radical (unpaired) electrons. The van der Waals surface area contributed by atoms with Gasteiger partial charge in [0.25, 0.3) is 5.56 Å². The van der Waals surface area contributed by atoms with E-state index in [1.54, 1.807) is 11.0 Å². The number of carbonyl (C=O) groups excluding carboxylic acids is 1. The predicted molar refractivity (Wildman–Crippen MR) is 75.9 cm³/mol. The Morgan fingerprint density at radius 2 is 2.45 bits per heavy atom. The molecule has 0 aromatic carbocycles. The number of morpholine rings is 1. The molecule has 6 nitrogen and oxygen atoms in total. The molecule has 0 bridgehead atoms. The standard InChI is InChI=1S/C13H15N3O3S/c1-9-6-15(3-4-19-9)11(17)7-16-8-14-10-2-5-20-12(10)13(16)18/h2,5,8-9H,3-4,6-7H2,1H3/t9-/m0/s1. The van der Waals surface area contributed by atoms with Gasteiger partial charge in [-0.3, -0.25) is 14.2 Å². The minimum Gasteiger partial charge on any atom is -0.375 e. The third-order valence-electron chi connectivity index (χ3n) is 3.34. The van der Waals surface area contributed by atoms with Gasteiger partial charge in [0.1, 0.15) is 11.2 Å². The lowest BCUT2D eigenvalue weighted by Gasteiger charge is -2.31. The summed E-state index contributed by atoms with van der Waals surface area (Å²) in [5, 5.41) is 1.83. The van der Waals surface area contributed by atoms with Gasteiger partial charge >= 0.3 is 0 Å². The number of ether oxygens (including phenoxy) is 1. The van der Waals surface area contributed by atoms with E-state index in [2.05, 4.69) is 4.98 Å². The van der Waals surface area contributed by atoms with Gasteiger partial charge in [0, 0.05) is 13.1 Å². The summed E-state index contributed by atoms with van der Waals surface area (Å²) in [6.07, 6.45) is 1.49. The molecule has 1 atom stereocenters. The average molecular weight is 293 g/mol. The van der Waals surface area contributed by atoms with Crippen LogP contribution in [0.5, 0.6) is 0 Å². The van der Waals surface area contributed by atoms with Crippen LogP contribution in [-0.2, 0) is 16.1 Å². The van der Waals surface area contributed by atoms with Gasteiger partial charge in [0.2, 0.25) is 5.91 Å². The van der Waals surface area contributed by atoms with Crippen LogP contribution < -0.4 is 5.56 Å². The molecule has 1 amide bonds. The lowest BCUT2D eigenvalue weighted by molar-refractivity contribution is -0.138. The molecule has 0 aliphatic carbocycles. The Labute approximate surface area is 119 Å². The third kappa shape index (κ3) is 2.46. The fourth-order valence-corrected chi connectivity index (χ4v) is 3.07. The van der Waals surface area contributed by atoms with E-state index in [0.717, 1.165) is 0 Å². The maximum atomic E-state index is 12.2. The molecule has 0 spiro atoms. The molecule has 1 saturated heterocycles. The molecule has 1 fully saturated rings. The molecular formula is C13H15N3O3S. The molecular weight excluding hydrogens is 278 g/mol. The molecule has 0 unspecified atom stereocenters. The van der Waals surface area contributed by atoms with Gasteiger partial charge in [-0.25, -0.2) is 4.98 Å². The monoisotopic (exact) mass is 293 g/mol. The lowest BCUT2D eigenvalue weighted by Crippen LogP contribution is -2.46. The Hall–Kier alpha value is -1.73. The molecule has 7 heteroatoms. The molecule has 3 rings (SSSR count). The Morgan fingerprint density at radius 3 is 3.25 bits per heavy atom. The summed E-state index contributed by atoms with van der Waals surface area (Å²) in [5.41, 5.74) is 0.531. The lowest BCUT2D eigenvalue weighted by atomic mass is 10.3. The molecule has 20 heavy (non-hydrogen) atoms. The minimum atomic E-state index is -0.153. The fraction of sp³-hybridized carbons (Fsp3) is 0.462. The van der Waals surface area contributed by atoms with Crippen LogP contribution in [0.25, 0.3) is 10.2 Å². The van der Waals surface area contributed by atoms with Crippen LogP contribution in [-0.4, -0.2) is 46.2 Å². The second-order valence-electron chi connectivity index (χ2n) is 4.83. The van der Waals surface area contributed by atoms with Crippen molar-refractivity contribution in [2.75, 3.05) is 19.7 Å². The molecule has 2 aromatic rings. The highest BCUT2D eigenvalue weighted by Gasteiger charge is 2.22. The maximum absolute atomic E-state index is 12.2. The summed E-state index contributed by atoms with van der Waals surface area (Å²) in [4.78, 5) is 30.4. The second-order valence-corrected chi connectivity index (χ2v) is 5.75. The van der Waals surface area contributed by atoms with Crippen molar-refractivity contribution in [2.45, 2.75) is 19.6 Å². The van der Waals surface area contributed by atoms with Crippen molar-refractivity contribution < 1.29 is 9.53 Å². The van der Waals surface area contributed by atoms with Crippen LogP contribution in [0, 0.1) is 0 Å². The minimum absolute atomic E-state index is 0.0341. The van der Waals surface area contributed by atoms with E-state index in [9.17, 15) is 9.59 Å². The van der Waals surface area contributed by atoms with Gasteiger partial charge in [-0.1, -0.05) is 0 Å². The number of hydrogen-bond acceptors (Lipinski definition) is 5. The van der Waals surface area contributed by atoms with Crippen LogP contribution >= 0.6 is 11.3 Å². The van der Waals surface area contributed by atoms with Crippen LogP contribution in [0.2, 0.25) is 0 Å². The number of aromatic nitrogens is 2. The van der Waals surface area contributed by atoms with Crippen molar-refractivity contribution in [1.82, 2.24) is 14.5 Å². The van der Waals surface area contributed by atoms with E-state index in [0.29, 0.717) is 29.9 Å². The van der Waals surface area contributed by atoms with E-state index < -0.39 is 0 Å². The number of amides is 1. The maximum Gasteiger partial charge on any atom is 0.271 e. The van der Waals surface area contributed by atoms with Crippen molar-refractivity contribution in [3.63, 3.8) is 0 Å². The summed E-state index contributed by atoms with van der Waals surface area (Å²) in [7, 11) is 0. The number of hydrogen-bond donors (Lipinski definition) is 0. The SMILES string of the molecule is C[C@H]1CN(C(=O)Cn2cnc3ccsc3c2=O)CCO1. The van der Waals surface area contributed by atoms with Gasteiger partial charge in [-0.2, -0.15) is 0 Å². The molecule has 1 aliphatic heterocycles. The smallest absolute Gasteiger partial charge is 0.271 e. The number of carbonyl (C=O) groups is 1. The molecule has 0 N–H and O–H groups in total. The molecule has 3 heterocycles. The number of nitrogens with zero attached hydrogens (tertiary/aromatic N) is 3. The van der Waals surface area contributed by atoms with Crippen molar-refractivity contribution >= 4 is 27.5 Å². The predicted octanol–water partition coefficient (Wildman–Crippen LogP) is 0.705. The Morgan fingerprint density at radius 1 is 1.60 bits per heavy atom. The molecule has 1 aliphatic rings. The quantitative estimate of drug-likeness (QED) is 0.818. The van der Waals surface area contributed by atoms with Crippen molar-refractivity contribution in [1.29, 1.82) is 0 Å². The van der Waals surface area contributed by atoms with Gasteiger partial charge in [-0.05, 0) is 18.4 Å². The van der Waals surface area contributed by atoms with Crippen molar-refractivity contribution in [2.24, 2.45) is 0 Å². The highest BCUT2D eigenvalue weighted by Crippen LogP contribution is 2.13. The zero-order valence-corrected chi connectivity index (χ0v) is 11.9. The zero-order chi connectivity index (χ0) is 14.1. The van der Waals surface area contributed by atoms with Gasteiger partial charge in [0.15, 0.2) is 0 Å². The third-order valence-corrected chi connectivity index (χ3v) is 4.23. The zero-order valence-electron chi connectivity index (χ0n) is 11.1. The Balaban J connectivity index is 1.80. The van der Waals surface area contributed by atoms with Crippen LogP contribution in [0.1, 0.15) is 6.92 Å². The summed E-state index contributed by atoms with van der Waals surface area (Å²) in [6.45, 7) is 3.66. The largest absolute Gasteiger partial charge is 0.375 e. The average Bonchev–Trinajstić information content (AvgIpc) is 2.91. The summed E-state index contributed by atoms with van der Waals surface area (Å²) in [6, 6.07) is 1.80. The van der Waals surface area contributed by atoms with E-state index in [-0.39, 0.29) is 24.1 Å². The first-order valence-corrected chi connectivity index (χ1v) is 7.35. The highest BCUT2D eigenvalue weighted by molar-refractivity contribution is 7.17. The van der Waals surface area contributed by atoms with Crippen LogP contribution in [0.3, 0.4) is 0 Å². The number of thiophene rings is 1. The van der Waals surface area contributed by atoms with Crippen molar-refractivity contribution in [3.05, 3.63) is 28.1 Å². The first kappa shape index (κ1) is 13.3. The number of fused-ring (bicyclic) bond motifs is 1. The van der Waals surface area contributed by atoms with Crippen LogP contribution in [0.4, 0.5) is 0 Å². The number of rotatable bonds is 2. The summed E-state index contributed by atoms with van der Waals surface area (Å²) >= 11 is 1.35. The Kier molecular flexibility index (Phi) is 3.54. The van der Waals surface area contributed by atoms with E-state index >= 15 is 0 Å². The molecule has 0 saturated carbocycles. The van der Waals surface area contributed by atoms with Crippen molar-refractivity contribution in [3.8, 4) is 0 Å². The van der Waals surface area contributed by atoms with Gasteiger partial charge in [-0.15, -0.1) is 11.3 Å². The first-order valence-electron chi connectivity index (χ1n) is 6.47. The highest BCUT2D eigenvalue weighted by atomic mass is 32.1. The Bertz CT molecular complexity index is 693. The normalized spacial score (nSPS) is 19.4. The fourth-order valence-electron chi connectivity index (χ4n) is 2.28. The second kappa shape index (κ2) is 5.34. The van der Waals surface area contributed by atoms with E-state index in [1.807, 2.05) is 12.3 Å².